The van der Waals surface area contributed by atoms with E-state index in [1.54, 1.807) is 55.8 Å². The smallest absolute Gasteiger partial charge is 0.253 e. The molecule has 31 heavy (non-hydrogen) atoms. The van der Waals surface area contributed by atoms with Gasteiger partial charge in [0.05, 0.1) is 13.2 Å². The van der Waals surface area contributed by atoms with Gasteiger partial charge >= 0.3 is 0 Å². The molecule has 7 heteroatoms. The third-order valence-corrected chi connectivity index (χ3v) is 4.48. The molecule has 0 bridgehead atoms. The summed E-state index contributed by atoms with van der Waals surface area (Å²) in [6.07, 6.45) is 3.43. The summed E-state index contributed by atoms with van der Waals surface area (Å²) < 4.78 is 30.6. The Hall–Kier alpha value is -3.61. The molecular weight excluding hydrogens is 399 g/mol. The van der Waals surface area contributed by atoms with Crippen LogP contribution in [0.5, 0.6) is 17.2 Å². The number of rotatable bonds is 10. The van der Waals surface area contributed by atoms with Gasteiger partial charge in [-0.1, -0.05) is 18.2 Å². The average molecular weight is 424 g/mol. The molecule has 0 radical (unpaired) electrons. The Bertz CT molecular complexity index is 998. The first-order chi connectivity index (χ1) is 15.1. The first kappa shape index (κ1) is 22.1. The van der Waals surface area contributed by atoms with Gasteiger partial charge < -0.3 is 19.1 Å². The van der Waals surface area contributed by atoms with Gasteiger partial charge in [0, 0.05) is 30.6 Å². The lowest BCUT2D eigenvalue weighted by Crippen LogP contribution is -2.31. The van der Waals surface area contributed by atoms with Crippen molar-refractivity contribution in [1.82, 2.24) is 9.88 Å². The number of halogens is 1. The van der Waals surface area contributed by atoms with Crippen LogP contribution in [0.4, 0.5) is 4.39 Å². The number of nitrogens with zero attached hydrogens (tertiary/aromatic N) is 2. The van der Waals surface area contributed by atoms with Gasteiger partial charge in [-0.25, -0.2) is 4.39 Å². The highest BCUT2D eigenvalue weighted by Crippen LogP contribution is 2.29. The predicted octanol–water partition coefficient (Wildman–Crippen LogP) is 4.35. The first-order valence-corrected chi connectivity index (χ1v) is 10.00. The Labute approximate surface area is 181 Å². The van der Waals surface area contributed by atoms with Gasteiger partial charge in [-0.2, -0.15) is 0 Å². The molecule has 6 nitrogen and oxygen atoms in total. The Balaban J connectivity index is 1.61. The quantitative estimate of drug-likeness (QED) is 0.484. The number of carbonyl (C=O) groups is 1. The minimum Gasteiger partial charge on any atom is -0.490 e. The van der Waals surface area contributed by atoms with E-state index in [-0.39, 0.29) is 18.3 Å². The molecule has 0 spiro atoms. The highest BCUT2D eigenvalue weighted by molar-refractivity contribution is 5.94. The molecule has 1 amide bonds. The van der Waals surface area contributed by atoms with E-state index in [0.717, 1.165) is 5.56 Å². The number of aromatic nitrogens is 1. The summed E-state index contributed by atoms with van der Waals surface area (Å²) in [7, 11) is 1.67. The number of hydrogen-bond acceptors (Lipinski definition) is 5. The van der Waals surface area contributed by atoms with Gasteiger partial charge in [-0.15, -0.1) is 0 Å². The molecule has 162 valence electrons. The molecule has 0 saturated carbocycles. The SMILES string of the molecule is CCOc1cc(C(=O)N(C)CCOc2ccccc2F)ccc1OCc1cccnc1. The number of para-hydroxylation sites is 1. The standard InChI is InChI=1S/C24H25FN2O4/c1-3-29-23-15-19(10-11-22(23)31-17-18-7-6-12-26-16-18)24(28)27(2)13-14-30-21-9-5-4-8-20(21)25/h4-12,15-16H,3,13-14,17H2,1-2H3. The van der Waals surface area contributed by atoms with Crippen LogP contribution in [-0.2, 0) is 6.61 Å². The summed E-state index contributed by atoms with van der Waals surface area (Å²) >= 11 is 0. The molecule has 0 fully saturated rings. The van der Waals surface area contributed by atoms with E-state index in [4.69, 9.17) is 14.2 Å². The van der Waals surface area contributed by atoms with Gasteiger partial charge in [-0.3, -0.25) is 9.78 Å². The van der Waals surface area contributed by atoms with Crippen LogP contribution in [-0.4, -0.2) is 42.6 Å². The third-order valence-electron chi connectivity index (χ3n) is 4.48. The van der Waals surface area contributed by atoms with Crippen LogP contribution >= 0.6 is 0 Å². The topological polar surface area (TPSA) is 60.9 Å². The molecule has 0 aliphatic heterocycles. The first-order valence-electron chi connectivity index (χ1n) is 10.00. The number of ether oxygens (including phenoxy) is 3. The summed E-state index contributed by atoms with van der Waals surface area (Å²) in [6.45, 7) is 3.12. The zero-order valence-corrected chi connectivity index (χ0v) is 17.6. The molecule has 0 N–H and O–H groups in total. The van der Waals surface area contributed by atoms with E-state index < -0.39 is 5.82 Å². The lowest BCUT2D eigenvalue weighted by atomic mass is 10.1. The predicted molar refractivity (Wildman–Crippen MR) is 115 cm³/mol. The van der Waals surface area contributed by atoms with E-state index in [0.29, 0.717) is 36.8 Å². The van der Waals surface area contributed by atoms with Crippen molar-refractivity contribution in [3.8, 4) is 17.2 Å². The largest absolute Gasteiger partial charge is 0.490 e. The third kappa shape index (κ3) is 6.18. The summed E-state index contributed by atoms with van der Waals surface area (Å²) in [5, 5.41) is 0. The molecule has 0 unspecified atom stereocenters. The van der Waals surface area contributed by atoms with E-state index >= 15 is 0 Å². The lowest BCUT2D eigenvalue weighted by molar-refractivity contribution is 0.0772. The van der Waals surface area contributed by atoms with Crippen molar-refractivity contribution in [2.45, 2.75) is 13.5 Å². The molecule has 3 aromatic rings. The van der Waals surface area contributed by atoms with Gasteiger partial charge in [0.15, 0.2) is 23.1 Å². The van der Waals surface area contributed by atoms with Gasteiger partial charge in [0.1, 0.15) is 13.2 Å². The Morgan fingerprint density at radius 2 is 1.84 bits per heavy atom. The Morgan fingerprint density at radius 1 is 1.00 bits per heavy atom. The molecule has 0 saturated heterocycles. The number of hydrogen-bond donors (Lipinski definition) is 0. The van der Waals surface area contributed by atoms with Crippen molar-refractivity contribution >= 4 is 5.91 Å². The Kier molecular flexibility index (Phi) is 7.81. The summed E-state index contributed by atoms with van der Waals surface area (Å²) in [6, 6.07) is 15.0. The van der Waals surface area contributed by atoms with Crippen molar-refractivity contribution in [2.75, 3.05) is 26.8 Å². The molecule has 0 aliphatic rings. The molecule has 1 aromatic heterocycles. The Morgan fingerprint density at radius 3 is 2.58 bits per heavy atom. The van der Waals surface area contributed by atoms with Crippen LogP contribution in [0.2, 0.25) is 0 Å². The van der Waals surface area contributed by atoms with Crippen LogP contribution in [0.25, 0.3) is 0 Å². The highest BCUT2D eigenvalue weighted by Gasteiger charge is 2.16. The zero-order valence-electron chi connectivity index (χ0n) is 17.6. The average Bonchev–Trinajstić information content (AvgIpc) is 2.79. The minimum atomic E-state index is -0.431. The van der Waals surface area contributed by atoms with Crippen molar-refractivity contribution in [1.29, 1.82) is 0 Å². The zero-order chi connectivity index (χ0) is 22.1. The van der Waals surface area contributed by atoms with Crippen molar-refractivity contribution in [3.05, 3.63) is 83.9 Å². The number of amides is 1. The number of pyridine rings is 1. The van der Waals surface area contributed by atoms with Crippen LogP contribution in [0.3, 0.4) is 0 Å². The maximum atomic E-state index is 13.6. The monoisotopic (exact) mass is 424 g/mol. The van der Waals surface area contributed by atoms with Crippen molar-refractivity contribution in [2.24, 2.45) is 0 Å². The minimum absolute atomic E-state index is 0.164. The van der Waals surface area contributed by atoms with Crippen LogP contribution in [0.1, 0.15) is 22.8 Å². The normalized spacial score (nSPS) is 10.4. The second-order valence-corrected chi connectivity index (χ2v) is 6.75. The van der Waals surface area contributed by atoms with Crippen LogP contribution < -0.4 is 14.2 Å². The second kappa shape index (κ2) is 11.0. The molecular formula is C24H25FN2O4. The number of likely N-dealkylation sites (N-methyl/N-ethyl adjacent to an activating group) is 1. The van der Waals surface area contributed by atoms with E-state index in [9.17, 15) is 9.18 Å². The maximum absolute atomic E-state index is 13.6. The van der Waals surface area contributed by atoms with E-state index in [1.165, 1.54) is 11.0 Å². The summed E-state index contributed by atoms with van der Waals surface area (Å²) in [5.74, 6) is 0.578. The fourth-order valence-electron chi connectivity index (χ4n) is 2.85. The van der Waals surface area contributed by atoms with Crippen molar-refractivity contribution in [3.63, 3.8) is 0 Å². The fourth-order valence-corrected chi connectivity index (χ4v) is 2.85. The van der Waals surface area contributed by atoms with Gasteiger partial charge in [0.2, 0.25) is 0 Å². The van der Waals surface area contributed by atoms with Gasteiger partial charge in [-0.05, 0) is 43.3 Å². The van der Waals surface area contributed by atoms with Gasteiger partial charge in [0.25, 0.3) is 5.91 Å². The molecule has 3 rings (SSSR count). The second-order valence-electron chi connectivity index (χ2n) is 6.75. The van der Waals surface area contributed by atoms with E-state index in [2.05, 4.69) is 4.98 Å². The number of benzene rings is 2. The van der Waals surface area contributed by atoms with Crippen molar-refractivity contribution < 1.29 is 23.4 Å². The summed E-state index contributed by atoms with van der Waals surface area (Å²) in [5.41, 5.74) is 1.39. The van der Waals surface area contributed by atoms with Crippen LogP contribution in [0, 0.1) is 5.82 Å². The highest BCUT2D eigenvalue weighted by atomic mass is 19.1. The molecule has 0 aliphatic carbocycles. The molecule has 1 heterocycles. The lowest BCUT2D eigenvalue weighted by Gasteiger charge is -2.19. The molecule has 2 aromatic carbocycles. The number of carbonyl (C=O) groups excluding carboxylic acids is 1. The fraction of sp³-hybridized carbons (Fsp3) is 0.250. The summed E-state index contributed by atoms with van der Waals surface area (Å²) in [4.78, 5) is 18.4. The van der Waals surface area contributed by atoms with E-state index in [1.807, 2.05) is 19.1 Å². The maximum Gasteiger partial charge on any atom is 0.253 e. The van der Waals surface area contributed by atoms with Crippen LogP contribution in [0.15, 0.2) is 67.0 Å². The molecule has 0 atom stereocenters.